The molecule has 6 heteroatoms. The van der Waals surface area contributed by atoms with Crippen LogP contribution in [-0.4, -0.2) is 21.9 Å². The Labute approximate surface area is 180 Å². The van der Waals surface area contributed by atoms with Crippen LogP contribution < -0.4 is 4.74 Å². The van der Waals surface area contributed by atoms with Gasteiger partial charge in [0.2, 0.25) is 0 Å². The zero-order chi connectivity index (χ0) is 20.9. The zero-order valence-corrected chi connectivity index (χ0v) is 17.6. The third-order valence-corrected chi connectivity index (χ3v) is 5.71. The number of para-hydroxylation sites is 1. The molecule has 0 radical (unpaired) electrons. The van der Waals surface area contributed by atoms with Gasteiger partial charge in [-0.05, 0) is 48.4 Å². The predicted molar refractivity (Wildman–Crippen MR) is 119 cm³/mol. The van der Waals surface area contributed by atoms with Crippen LogP contribution in [0.1, 0.15) is 16.7 Å². The molecule has 4 rings (SSSR count). The van der Waals surface area contributed by atoms with E-state index < -0.39 is 0 Å². The number of methoxy groups -OCH3 is 1. The van der Waals surface area contributed by atoms with E-state index in [4.69, 9.17) is 4.74 Å². The van der Waals surface area contributed by atoms with Crippen molar-refractivity contribution in [1.29, 1.82) is 5.26 Å². The topological polar surface area (TPSA) is 63.7 Å². The molecule has 0 amide bonds. The molecule has 0 unspecified atom stereocenters. The molecule has 0 fully saturated rings. The summed E-state index contributed by atoms with van der Waals surface area (Å²) in [6.07, 6.45) is 0. The summed E-state index contributed by atoms with van der Waals surface area (Å²) in [6, 6.07) is 25.9. The van der Waals surface area contributed by atoms with Gasteiger partial charge in [0.05, 0.1) is 24.3 Å². The number of aromatic nitrogens is 3. The number of ether oxygens (including phenoxy) is 1. The molecule has 0 spiro atoms. The van der Waals surface area contributed by atoms with Gasteiger partial charge in [-0.25, -0.2) is 0 Å². The van der Waals surface area contributed by atoms with E-state index in [-0.39, 0.29) is 0 Å². The molecule has 0 N–H and O–H groups in total. The van der Waals surface area contributed by atoms with Crippen molar-refractivity contribution >= 4 is 11.8 Å². The molecule has 0 atom stereocenters. The average Bonchev–Trinajstić information content (AvgIpc) is 3.21. The van der Waals surface area contributed by atoms with Gasteiger partial charge in [-0.1, -0.05) is 54.2 Å². The minimum absolute atomic E-state index is 0.625. The van der Waals surface area contributed by atoms with Crippen LogP contribution in [0.25, 0.3) is 17.1 Å². The van der Waals surface area contributed by atoms with E-state index in [9.17, 15) is 5.26 Å². The molecule has 3 aromatic carbocycles. The minimum atomic E-state index is 0.625. The molecule has 0 saturated heterocycles. The summed E-state index contributed by atoms with van der Waals surface area (Å²) in [5, 5.41) is 19.1. The second-order valence-corrected chi connectivity index (χ2v) is 7.68. The molecule has 0 aliphatic heterocycles. The lowest BCUT2D eigenvalue weighted by Gasteiger charge is -2.13. The van der Waals surface area contributed by atoms with Crippen molar-refractivity contribution in [1.82, 2.24) is 14.8 Å². The fourth-order valence-electron chi connectivity index (χ4n) is 3.26. The summed E-state index contributed by atoms with van der Waals surface area (Å²) < 4.78 is 7.61. The molecule has 0 aliphatic carbocycles. The fraction of sp³-hybridized carbons (Fsp3) is 0.125. The van der Waals surface area contributed by atoms with Crippen LogP contribution >= 0.6 is 11.8 Å². The molecule has 0 bridgehead atoms. The van der Waals surface area contributed by atoms with E-state index in [1.54, 1.807) is 18.9 Å². The first-order valence-electron chi connectivity index (χ1n) is 9.48. The minimum Gasteiger partial charge on any atom is -0.496 e. The van der Waals surface area contributed by atoms with E-state index in [1.165, 1.54) is 0 Å². The van der Waals surface area contributed by atoms with Crippen molar-refractivity contribution in [3.05, 3.63) is 89.5 Å². The lowest BCUT2D eigenvalue weighted by atomic mass is 10.1. The first-order chi connectivity index (χ1) is 14.7. The van der Waals surface area contributed by atoms with Gasteiger partial charge in [0.1, 0.15) is 5.75 Å². The lowest BCUT2D eigenvalue weighted by Crippen LogP contribution is -2.01. The van der Waals surface area contributed by atoms with Crippen LogP contribution in [0.4, 0.5) is 0 Å². The van der Waals surface area contributed by atoms with Crippen molar-refractivity contribution in [2.75, 3.05) is 7.11 Å². The van der Waals surface area contributed by atoms with Gasteiger partial charge < -0.3 is 4.74 Å². The highest BCUT2D eigenvalue weighted by molar-refractivity contribution is 7.98. The summed E-state index contributed by atoms with van der Waals surface area (Å²) in [4.78, 5) is 0. The Morgan fingerprint density at radius 3 is 2.60 bits per heavy atom. The van der Waals surface area contributed by atoms with Gasteiger partial charge in [-0.2, -0.15) is 5.26 Å². The number of hydrogen-bond acceptors (Lipinski definition) is 5. The van der Waals surface area contributed by atoms with Crippen LogP contribution in [0.3, 0.4) is 0 Å². The number of rotatable bonds is 6. The second-order valence-electron chi connectivity index (χ2n) is 6.74. The van der Waals surface area contributed by atoms with Crippen molar-refractivity contribution in [3.63, 3.8) is 0 Å². The van der Waals surface area contributed by atoms with Crippen molar-refractivity contribution in [3.8, 4) is 28.9 Å². The maximum atomic E-state index is 9.38. The first kappa shape index (κ1) is 19.7. The Balaban J connectivity index is 1.80. The Morgan fingerprint density at radius 2 is 1.80 bits per heavy atom. The SMILES string of the molecule is COc1ccccc1-c1nnc(SCc2ccccc2C#N)n1-c1cccc(C)c1. The van der Waals surface area contributed by atoms with Gasteiger partial charge in [0.25, 0.3) is 0 Å². The summed E-state index contributed by atoms with van der Waals surface area (Å²) in [5.41, 5.74) is 4.66. The summed E-state index contributed by atoms with van der Waals surface area (Å²) >= 11 is 1.56. The number of nitrogens with zero attached hydrogens (tertiary/aromatic N) is 4. The number of aryl methyl sites for hydroxylation is 1. The van der Waals surface area contributed by atoms with Gasteiger partial charge >= 0.3 is 0 Å². The largest absolute Gasteiger partial charge is 0.496 e. The van der Waals surface area contributed by atoms with Gasteiger partial charge in [-0.15, -0.1) is 10.2 Å². The Kier molecular flexibility index (Phi) is 5.82. The smallest absolute Gasteiger partial charge is 0.196 e. The highest BCUT2D eigenvalue weighted by atomic mass is 32.2. The van der Waals surface area contributed by atoms with Crippen molar-refractivity contribution < 1.29 is 4.74 Å². The Bertz CT molecular complexity index is 1230. The van der Waals surface area contributed by atoms with Crippen LogP contribution in [0, 0.1) is 18.3 Å². The number of hydrogen-bond donors (Lipinski definition) is 0. The molecule has 0 saturated carbocycles. The molecule has 30 heavy (non-hydrogen) atoms. The van der Waals surface area contributed by atoms with E-state index >= 15 is 0 Å². The van der Waals surface area contributed by atoms with Gasteiger partial charge in [-0.3, -0.25) is 4.57 Å². The van der Waals surface area contributed by atoms with Crippen LogP contribution in [-0.2, 0) is 5.75 Å². The molecule has 5 nitrogen and oxygen atoms in total. The standard InChI is InChI=1S/C24H20N4OS/c1-17-8-7-11-20(14-17)28-23(21-12-5-6-13-22(21)29-2)26-27-24(28)30-16-19-10-4-3-9-18(19)15-25/h3-14H,16H2,1-2H3. The Morgan fingerprint density at radius 1 is 1.00 bits per heavy atom. The average molecular weight is 413 g/mol. The summed E-state index contributed by atoms with van der Waals surface area (Å²) in [5.74, 6) is 2.08. The molecule has 1 aromatic heterocycles. The van der Waals surface area contributed by atoms with E-state index in [1.807, 2.05) is 65.2 Å². The maximum absolute atomic E-state index is 9.38. The molecular weight excluding hydrogens is 392 g/mol. The molecule has 148 valence electrons. The van der Waals surface area contributed by atoms with Crippen molar-refractivity contribution in [2.45, 2.75) is 17.8 Å². The van der Waals surface area contributed by atoms with E-state index in [2.05, 4.69) is 35.3 Å². The van der Waals surface area contributed by atoms with Gasteiger partial charge in [0.15, 0.2) is 11.0 Å². The maximum Gasteiger partial charge on any atom is 0.196 e. The van der Waals surface area contributed by atoms with E-state index in [0.717, 1.165) is 33.3 Å². The molecule has 4 aromatic rings. The first-order valence-corrected chi connectivity index (χ1v) is 10.5. The zero-order valence-electron chi connectivity index (χ0n) is 16.7. The molecular formula is C24H20N4OS. The third-order valence-electron chi connectivity index (χ3n) is 4.74. The normalized spacial score (nSPS) is 10.6. The quantitative estimate of drug-likeness (QED) is 0.396. The lowest BCUT2D eigenvalue weighted by molar-refractivity contribution is 0.416. The predicted octanol–water partition coefficient (Wildman–Crippen LogP) is 5.42. The Hall–Kier alpha value is -3.56. The molecule has 1 heterocycles. The highest BCUT2D eigenvalue weighted by Crippen LogP contribution is 2.34. The summed E-state index contributed by atoms with van der Waals surface area (Å²) in [6.45, 7) is 2.06. The number of benzene rings is 3. The monoisotopic (exact) mass is 412 g/mol. The van der Waals surface area contributed by atoms with E-state index in [0.29, 0.717) is 17.1 Å². The summed E-state index contributed by atoms with van der Waals surface area (Å²) in [7, 11) is 1.65. The highest BCUT2D eigenvalue weighted by Gasteiger charge is 2.19. The third kappa shape index (κ3) is 3.93. The second kappa shape index (κ2) is 8.85. The van der Waals surface area contributed by atoms with Crippen LogP contribution in [0.2, 0.25) is 0 Å². The molecule has 0 aliphatic rings. The van der Waals surface area contributed by atoms with Gasteiger partial charge in [0, 0.05) is 11.4 Å². The number of nitriles is 1. The van der Waals surface area contributed by atoms with Crippen molar-refractivity contribution in [2.24, 2.45) is 0 Å². The fourth-order valence-corrected chi connectivity index (χ4v) is 4.22. The number of thioether (sulfide) groups is 1. The van der Waals surface area contributed by atoms with Crippen LogP contribution in [0.15, 0.2) is 78.0 Å². The van der Waals surface area contributed by atoms with Crippen LogP contribution in [0.5, 0.6) is 5.75 Å².